The van der Waals surface area contributed by atoms with Crippen LogP contribution in [0.25, 0.3) is 0 Å². The average Bonchev–Trinajstić information content (AvgIpc) is 2.77. The predicted octanol–water partition coefficient (Wildman–Crippen LogP) is 3.88. The van der Waals surface area contributed by atoms with Gasteiger partial charge in [-0.25, -0.2) is 0 Å². The first-order valence-electron chi connectivity index (χ1n) is 5.34. The molecule has 1 unspecified atom stereocenters. The summed E-state index contributed by atoms with van der Waals surface area (Å²) in [6, 6.07) is 2.06. The highest BCUT2D eigenvalue weighted by Crippen LogP contribution is 2.32. The van der Waals surface area contributed by atoms with Gasteiger partial charge in [0.05, 0.1) is 4.47 Å². The SMILES string of the molecule is CCC1(Cc2cc(Br)c(Br)o2)CCCN1. The molecule has 2 nitrogen and oxygen atoms in total. The summed E-state index contributed by atoms with van der Waals surface area (Å²) in [5, 5.41) is 3.61. The van der Waals surface area contributed by atoms with E-state index < -0.39 is 0 Å². The second-order valence-electron chi connectivity index (χ2n) is 4.18. The fourth-order valence-corrected chi connectivity index (χ4v) is 2.92. The zero-order valence-corrected chi connectivity index (χ0v) is 11.9. The van der Waals surface area contributed by atoms with E-state index in [2.05, 4.69) is 50.2 Å². The first-order chi connectivity index (χ1) is 7.15. The maximum absolute atomic E-state index is 5.63. The Morgan fingerprint density at radius 2 is 2.33 bits per heavy atom. The summed E-state index contributed by atoms with van der Waals surface area (Å²) in [5.74, 6) is 1.05. The molecule has 1 aromatic rings. The van der Waals surface area contributed by atoms with Crippen molar-refractivity contribution in [2.75, 3.05) is 6.54 Å². The van der Waals surface area contributed by atoms with Crippen molar-refractivity contribution < 1.29 is 4.42 Å². The molecule has 0 saturated carbocycles. The Labute approximate surface area is 107 Å². The van der Waals surface area contributed by atoms with Crippen molar-refractivity contribution in [2.24, 2.45) is 0 Å². The lowest BCUT2D eigenvalue weighted by Gasteiger charge is -2.26. The fourth-order valence-electron chi connectivity index (χ4n) is 2.26. The van der Waals surface area contributed by atoms with E-state index in [0.29, 0.717) is 0 Å². The van der Waals surface area contributed by atoms with Crippen LogP contribution >= 0.6 is 31.9 Å². The van der Waals surface area contributed by atoms with Crippen LogP contribution in [0.5, 0.6) is 0 Å². The molecule has 1 N–H and O–H groups in total. The first-order valence-corrected chi connectivity index (χ1v) is 6.92. The van der Waals surface area contributed by atoms with Gasteiger partial charge in [0.25, 0.3) is 0 Å². The Kier molecular flexibility index (Phi) is 3.58. The van der Waals surface area contributed by atoms with Gasteiger partial charge in [-0.3, -0.25) is 0 Å². The fraction of sp³-hybridized carbons (Fsp3) is 0.636. The Morgan fingerprint density at radius 3 is 2.80 bits per heavy atom. The highest BCUT2D eigenvalue weighted by molar-refractivity contribution is 9.13. The minimum Gasteiger partial charge on any atom is -0.453 e. The second-order valence-corrected chi connectivity index (χ2v) is 5.75. The molecule has 0 spiro atoms. The Morgan fingerprint density at radius 1 is 1.53 bits per heavy atom. The van der Waals surface area contributed by atoms with E-state index in [1.165, 1.54) is 12.8 Å². The Bertz CT molecular complexity index is 323. The van der Waals surface area contributed by atoms with E-state index in [9.17, 15) is 0 Å². The van der Waals surface area contributed by atoms with Gasteiger partial charge in [0.1, 0.15) is 5.76 Å². The molecule has 1 aromatic heterocycles. The van der Waals surface area contributed by atoms with Crippen LogP contribution in [-0.2, 0) is 6.42 Å². The summed E-state index contributed by atoms with van der Waals surface area (Å²) < 4.78 is 7.43. The van der Waals surface area contributed by atoms with Crippen molar-refractivity contribution in [1.82, 2.24) is 5.32 Å². The van der Waals surface area contributed by atoms with E-state index in [1.54, 1.807) is 0 Å². The van der Waals surface area contributed by atoms with Crippen molar-refractivity contribution in [3.63, 3.8) is 0 Å². The van der Waals surface area contributed by atoms with Gasteiger partial charge in [-0.15, -0.1) is 0 Å². The van der Waals surface area contributed by atoms with Crippen molar-refractivity contribution in [3.8, 4) is 0 Å². The lowest BCUT2D eigenvalue weighted by atomic mass is 9.89. The molecular weight excluding hydrogens is 322 g/mol. The van der Waals surface area contributed by atoms with Gasteiger partial charge < -0.3 is 9.73 Å². The lowest BCUT2D eigenvalue weighted by Crippen LogP contribution is -2.41. The zero-order chi connectivity index (χ0) is 10.9. The third-order valence-corrected chi connectivity index (χ3v) is 4.93. The number of hydrogen-bond donors (Lipinski definition) is 1. The minimum absolute atomic E-state index is 0.261. The molecule has 2 rings (SSSR count). The molecule has 1 aliphatic rings. The van der Waals surface area contributed by atoms with Crippen LogP contribution in [0, 0.1) is 0 Å². The molecule has 15 heavy (non-hydrogen) atoms. The molecule has 1 saturated heterocycles. The van der Waals surface area contributed by atoms with Crippen LogP contribution in [0.2, 0.25) is 0 Å². The summed E-state index contributed by atoms with van der Waals surface area (Å²) in [6.07, 6.45) is 4.66. The Balaban J connectivity index is 2.12. The maximum Gasteiger partial charge on any atom is 0.183 e. The number of rotatable bonds is 3. The molecule has 84 valence electrons. The van der Waals surface area contributed by atoms with E-state index in [-0.39, 0.29) is 5.54 Å². The standard InChI is InChI=1S/C11H15Br2NO/c1-2-11(4-3-5-14-11)7-8-6-9(12)10(13)15-8/h6,14H,2-5,7H2,1H3. The smallest absolute Gasteiger partial charge is 0.183 e. The van der Waals surface area contributed by atoms with Gasteiger partial charge in [-0.2, -0.15) is 0 Å². The molecule has 0 bridgehead atoms. The third kappa shape index (κ3) is 2.48. The molecule has 2 heterocycles. The van der Waals surface area contributed by atoms with Gasteiger partial charge in [0, 0.05) is 12.0 Å². The topological polar surface area (TPSA) is 25.2 Å². The van der Waals surface area contributed by atoms with Gasteiger partial charge in [0.2, 0.25) is 0 Å². The summed E-state index contributed by atoms with van der Waals surface area (Å²) >= 11 is 6.81. The summed E-state index contributed by atoms with van der Waals surface area (Å²) in [6.45, 7) is 3.38. The molecule has 1 atom stereocenters. The van der Waals surface area contributed by atoms with Gasteiger partial charge in [0.15, 0.2) is 4.67 Å². The van der Waals surface area contributed by atoms with Crippen LogP contribution < -0.4 is 5.32 Å². The van der Waals surface area contributed by atoms with Crippen LogP contribution in [0.3, 0.4) is 0 Å². The van der Waals surface area contributed by atoms with Gasteiger partial charge >= 0.3 is 0 Å². The summed E-state index contributed by atoms with van der Waals surface area (Å²) in [7, 11) is 0. The van der Waals surface area contributed by atoms with Crippen LogP contribution in [-0.4, -0.2) is 12.1 Å². The highest BCUT2D eigenvalue weighted by Gasteiger charge is 2.32. The van der Waals surface area contributed by atoms with Crippen molar-refractivity contribution in [3.05, 3.63) is 21.0 Å². The maximum atomic E-state index is 5.63. The largest absolute Gasteiger partial charge is 0.453 e. The quantitative estimate of drug-likeness (QED) is 0.906. The van der Waals surface area contributed by atoms with Crippen molar-refractivity contribution in [2.45, 2.75) is 38.1 Å². The molecule has 0 radical (unpaired) electrons. The highest BCUT2D eigenvalue weighted by atomic mass is 79.9. The zero-order valence-electron chi connectivity index (χ0n) is 8.78. The number of halogens is 2. The minimum atomic E-state index is 0.261. The number of nitrogens with one attached hydrogen (secondary N) is 1. The monoisotopic (exact) mass is 335 g/mol. The van der Waals surface area contributed by atoms with Crippen LogP contribution in [0.15, 0.2) is 19.6 Å². The molecule has 1 fully saturated rings. The van der Waals surface area contributed by atoms with Crippen molar-refractivity contribution >= 4 is 31.9 Å². The van der Waals surface area contributed by atoms with Crippen LogP contribution in [0.4, 0.5) is 0 Å². The second kappa shape index (κ2) is 4.60. The lowest BCUT2D eigenvalue weighted by molar-refractivity contribution is 0.327. The van der Waals surface area contributed by atoms with E-state index in [0.717, 1.165) is 34.3 Å². The van der Waals surface area contributed by atoms with E-state index in [4.69, 9.17) is 4.42 Å². The molecule has 0 amide bonds. The normalized spacial score (nSPS) is 26.1. The number of furan rings is 1. The first kappa shape index (κ1) is 11.7. The molecule has 0 aliphatic carbocycles. The number of hydrogen-bond acceptors (Lipinski definition) is 2. The van der Waals surface area contributed by atoms with Crippen molar-refractivity contribution in [1.29, 1.82) is 0 Å². The average molecular weight is 337 g/mol. The molecular formula is C11H15Br2NO. The predicted molar refractivity (Wildman–Crippen MR) is 68.1 cm³/mol. The third-order valence-electron chi connectivity index (χ3n) is 3.22. The molecule has 4 heteroatoms. The summed E-state index contributed by atoms with van der Waals surface area (Å²) in [4.78, 5) is 0. The summed E-state index contributed by atoms with van der Waals surface area (Å²) in [5.41, 5.74) is 0.261. The van der Waals surface area contributed by atoms with Gasteiger partial charge in [-0.05, 0) is 63.7 Å². The molecule has 0 aromatic carbocycles. The van der Waals surface area contributed by atoms with Crippen LogP contribution in [0.1, 0.15) is 31.9 Å². The van der Waals surface area contributed by atoms with E-state index in [1.807, 2.05) is 0 Å². The van der Waals surface area contributed by atoms with Gasteiger partial charge in [-0.1, -0.05) is 6.92 Å². The van der Waals surface area contributed by atoms with E-state index >= 15 is 0 Å². The molecule has 1 aliphatic heterocycles. The Hall–Kier alpha value is 0.200.